The fraction of sp³-hybridized carbons (Fsp3) is 0.321. The third-order valence-corrected chi connectivity index (χ3v) is 7.10. The van der Waals surface area contributed by atoms with Crippen LogP contribution in [0.4, 0.5) is 28.9 Å². The third kappa shape index (κ3) is 5.21. The highest BCUT2D eigenvalue weighted by atomic mass is 32.1. The summed E-state index contributed by atoms with van der Waals surface area (Å²) in [5.74, 6) is -1.68. The lowest BCUT2D eigenvalue weighted by Gasteiger charge is -2.42. The first-order valence-electron chi connectivity index (χ1n) is 12.5. The number of nitriles is 1. The fourth-order valence-corrected chi connectivity index (χ4v) is 5.26. The normalized spacial score (nSPS) is 15.9. The number of nitrogens with zero attached hydrogens (tertiary/aromatic N) is 5. The summed E-state index contributed by atoms with van der Waals surface area (Å²) in [4.78, 5) is 24.5. The number of thiocarbonyl (C=S) groups is 1. The lowest BCUT2D eigenvalue weighted by Crippen LogP contribution is -2.55. The van der Waals surface area contributed by atoms with E-state index in [0.29, 0.717) is 43.7 Å². The van der Waals surface area contributed by atoms with Gasteiger partial charge in [0.05, 0.1) is 35.4 Å². The number of rotatable bonds is 6. The first kappa shape index (κ1) is 28.9. The zero-order chi connectivity index (χ0) is 29.1. The first-order chi connectivity index (χ1) is 19.1. The molecule has 208 valence electrons. The van der Waals surface area contributed by atoms with Gasteiger partial charge in [0, 0.05) is 12.1 Å². The smallest absolute Gasteiger partial charge is 0.420 e. The van der Waals surface area contributed by atoms with Crippen LogP contribution in [0.15, 0.2) is 60.0 Å². The van der Waals surface area contributed by atoms with Gasteiger partial charge >= 0.3 is 6.18 Å². The molecule has 2 aromatic heterocycles. The molecule has 3 aromatic rings. The van der Waals surface area contributed by atoms with Gasteiger partial charge in [0.25, 0.3) is 5.91 Å². The van der Waals surface area contributed by atoms with Crippen LogP contribution in [0.3, 0.4) is 0 Å². The second kappa shape index (κ2) is 11.6. The maximum Gasteiger partial charge on any atom is 0.420 e. The predicted molar refractivity (Wildman–Crippen MR) is 144 cm³/mol. The molecule has 0 unspecified atom stereocenters. The number of allylic oxidation sites excluding steroid dienone is 1. The molecule has 0 radical (unpaired) electrons. The Bertz CT molecular complexity index is 1450. The van der Waals surface area contributed by atoms with Crippen molar-refractivity contribution in [2.45, 2.75) is 57.2 Å². The van der Waals surface area contributed by atoms with Crippen LogP contribution in [-0.2, 0) is 23.8 Å². The number of amides is 1. The van der Waals surface area contributed by atoms with Crippen LogP contribution in [0.25, 0.3) is 0 Å². The van der Waals surface area contributed by atoms with Crippen molar-refractivity contribution in [3.8, 4) is 6.07 Å². The molecule has 2 aliphatic rings. The van der Waals surface area contributed by atoms with E-state index in [-0.39, 0.29) is 5.11 Å². The van der Waals surface area contributed by atoms with Crippen LogP contribution < -0.4 is 9.80 Å². The minimum Gasteiger partial charge on any atom is -0.449 e. The number of halogens is 4. The first-order valence-corrected chi connectivity index (χ1v) is 12.9. The van der Waals surface area contributed by atoms with Crippen LogP contribution in [-0.4, -0.2) is 26.5 Å². The van der Waals surface area contributed by atoms with Gasteiger partial charge < -0.3 is 9.32 Å². The summed E-state index contributed by atoms with van der Waals surface area (Å²) < 4.78 is 61.2. The number of benzene rings is 1. The molecule has 0 atom stereocenters. The summed E-state index contributed by atoms with van der Waals surface area (Å²) in [7, 11) is 0. The van der Waals surface area contributed by atoms with E-state index in [1.807, 2.05) is 6.92 Å². The number of hydrogen-bond donors (Lipinski definition) is 0. The zero-order valence-electron chi connectivity index (χ0n) is 21.5. The minimum absolute atomic E-state index is 0.139. The Morgan fingerprint density at radius 3 is 2.48 bits per heavy atom. The molecule has 5 rings (SSSR count). The average Bonchev–Trinajstić information content (AvgIpc) is 3.48. The minimum atomic E-state index is -5.13. The van der Waals surface area contributed by atoms with Crippen LogP contribution in [0, 0.1) is 17.1 Å². The summed E-state index contributed by atoms with van der Waals surface area (Å²) in [5, 5.41) is 8.93. The second-order valence-electron chi connectivity index (χ2n) is 9.27. The number of anilines is 2. The van der Waals surface area contributed by atoms with Crippen molar-refractivity contribution in [3.63, 3.8) is 0 Å². The van der Waals surface area contributed by atoms with E-state index in [2.05, 4.69) is 16.5 Å². The van der Waals surface area contributed by atoms with E-state index in [1.165, 1.54) is 12.3 Å². The van der Waals surface area contributed by atoms with Crippen LogP contribution in [0.1, 0.15) is 55.3 Å². The number of oxazole rings is 1. The molecule has 0 N–H and O–H groups in total. The molecule has 1 saturated heterocycles. The summed E-state index contributed by atoms with van der Waals surface area (Å²) in [6, 6.07) is 6.73. The van der Waals surface area contributed by atoms with E-state index >= 15 is 4.39 Å². The Hall–Kier alpha value is -4.11. The van der Waals surface area contributed by atoms with Gasteiger partial charge in [0.1, 0.15) is 17.4 Å². The van der Waals surface area contributed by atoms with E-state index in [1.54, 1.807) is 35.5 Å². The molecule has 0 bridgehead atoms. The SMILES string of the molecule is C=CC.N#Cc1ccc(N2C(=O)C3(CCC3)N(c3ccc(CCCc4ncco4)nc3)C2=S)c(F)c1C(F)(F)F. The standard InChI is InChI=1S/C25H19F4N5O2S.C3H6/c26-21-18(8-5-15(13-30)20(21)25(27,28)29)33-22(35)24(9-2-10-24)34(23(33)37)17-7-6-16(32-14-17)3-1-4-19-31-11-12-36-19;1-3-2/h5-8,11-12,14H,1-4,9-10H2;3H,1H2,2H3. The molecule has 2 fully saturated rings. The Balaban J connectivity index is 0.00000118. The quantitative estimate of drug-likeness (QED) is 0.189. The number of carbonyl (C=O) groups is 1. The maximum atomic E-state index is 15.2. The largest absolute Gasteiger partial charge is 0.449 e. The van der Waals surface area contributed by atoms with Crippen LogP contribution >= 0.6 is 12.2 Å². The molecule has 1 aliphatic carbocycles. The molecule has 7 nitrogen and oxygen atoms in total. The van der Waals surface area contributed by atoms with Gasteiger partial charge in [-0.15, -0.1) is 6.58 Å². The summed E-state index contributed by atoms with van der Waals surface area (Å²) in [5.41, 5.74) is -3.07. The highest BCUT2D eigenvalue weighted by Gasteiger charge is 2.60. The molecule has 1 spiro atoms. The molecule has 3 heterocycles. The van der Waals surface area contributed by atoms with Gasteiger partial charge in [-0.05, 0) is 75.5 Å². The zero-order valence-corrected chi connectivity index (χ0v) is 22.4. The van der Waals surface area contributed by atoms with Crippen molar-refractivity contribution in [1.82, 2.24) is 9.97 Å². The Kier molecular flexibility index (Phi) is 8.34. The fourth-order valence-electron chi connectivity index (χ4n) is 4.79. The Labute approximate surface area is 233 Å². The van der Waals surface area contributed by atoms with Crippen LogP contribution in [0.2, 0.25) is 0 Å². The van der Waals surface area contributed by atoms with Gasteiger partial charge in [-0.25, -0.2) is 9.37 Å². The number of carbonyl (C=O) groups excluding carboxylic acids is 1. The molecule has 40 heavy (non-hydrogen) atoms. The highest BCUT2D eigenvalue weighted by molar-refractivity contribution is 7.81. The number of aryl methyl sites for hydroxylation is 2. The lowest BCUT2D eigenvalue weighted by molar-refractivity contribution is -0.140. The van der Waals surface area contributed by atoms with Gasteiger partial charge in [-0.3, -0.25) is 14.7 Å². The van der Waals surface area contributed by atoms with Gasteiger partial charge in [-0.1, -0.05) is 6.08 Å². The van der Waals surface area contributed by atoms with Crippen molar-refractivity contribution < 1.29 is 26.8 Å². The van der Waals surface area contributed by atoms with E-state index < -0.39 is 40.3 Å². The van der Waals surface area contributed by atoms with E-state index in [0.717, 1.165) is 29.1 Å². The van der Waals surface area contributed by atoms with Gasteiger partial charge in [-0.2, -0.15) is 18.4 Å². The van der Waals surface area contributed by atoms with Gasteiger partial charge in [0.15, 0.2) is 16.8 Å². The van der Waals surface area contributed by atoms with E-state index in [4.69, 9.17) is 21.9 Å². The number of pyridine rings is 1. The van der Waals surface area contributed by atoms with Crippen LogP contribution in [0.5, 0.6) is 0 Å². The molecule has 1 aromatic carbocycles. The van der Waals surface area contributed by atoms with Crippen molar-refractivity contribution >= 4 is 34.6 Å². The maximum absolute atomic E-state index is 15.2. The molecule has 12 heteroatoms. The van der Waals surface area contributed by atoms with Gasteiger partial charge in [0.2, 0.25) is 0 Å². The Morgan fingerprint density at radius 1 is 1.23 bits per heavy atom. The topological polar surface area (TPSA) is 86.3 Å². The number of hydrogen-bond acceptors (Lipinski definition) is 6. The molecular weight excluding hydrogens is 546 g/mol. The van der Waals surface area contributed by atoms with E-state index in [9.17, 15) is 18.0 Å². The average molecular weight is 572 g/mol. The van der Waals surface area contributed by atoms with Crippen molar-refractivity contribution in [2.75, 3.05) is 9.80 Å². The molecule has 1 aliphatic heterocycles. The Morgan fingerprint density at radius 2 is 1.95 bits per heavy atom. The van der Waals surface area contributed by atoms with Crippen molar-refractivity contribution in [2.24, 2.45) is 0 Å². The van der Waals surface area contributed by atoms with Crippen molar-refractivity contribution in [3.05, 3.63) is 84.1 Å². The third-order valence-electron chi connectivity index (χ3n) is 6.73. The molecule has 1 saturated carbocycles. The predicted octanol–water partition coefficient (Wildman–Crippen LogP) is 6.53. The highest BCUT2D eigenvalue weighted by Crippen LogP contribution is 2.49. The lowest BCUT2D eigenvalue weighted by atomic mass is 9.75. The number of aromatic nitrogens is 2. The molecule has 1 amide bonds. The number of alkyl halides is 3. The summed E-state index contributed by atoms with van der Waals surface area (Å²) in [6.07, 6.45) is 4.84. The monoisotopic (exact) mass is 571 g/mol. The molecular formula is C28H25F4N5O2S. The second-order valence-corrected chi connectivity index (χ2v) is 9.64. The summed E-state index contributed by atoms with van der Waals surface area (Å²) in [6.45, 7) is 5.25. The van der Waals surface area contributed by atoms with Crippen molar-refractivity contribution in [1.29, 1.82) is 5.26 Å². The summed E-state index contributed by atoms with van der Waals surface area (Å²) >= 11 is 5.53.